The van der Waals surface area contributed by atoms with Crippen LogP contribution in [0.3, 0.4) is 0 Å². The third-order valence-electron chi connectivity index (χ3n) is 3.78. The molecule has 27 heavy (non-hydrogen) atoms. The van der Waals surface area contributed by atoms with Crippen LogP contribution in [0.25, 0.3) is 16.8 Å². The van der Waals surface area contributed by atoms with E-state index in [-0.39, 0.29) is 5.82 Å². The highest BCUT2D eigenvalue weighted by atomic mass is 32.1. The maximum absolute atomic E-state index is 13.1. The number of halogens is 1. The number of aromatic nitrogens is 1. The average molecular weight is 381 g/mol. The van der Waals surface area contributed by atoms with Gasteiger partial charge in [-0.25, -0.2) is 9.37 Å². The van der Waals surface area contributed by atoms with E-state index in [0.29, 0.717) is 33.5 Å². The summed E-state index contributed by atoms with van der Waals surface area (Å²) in [6.45, 7) is 0. The van der Waals surface area contributed by atoms with E-state index in [1.807, 2.05) is 5.38 Å². The van der Waals surface area contributed by atoms with Gasteiger partial charge >= 0.3 is 0 Å². The van der Waals surface area contributed by atoms with Gasteiger partial charge in [-0.15, -0.1) is 11.3 Å². The zero-order chi connectivity index (χ0) is 19.2. The van der Waals surface area contributed by atoms with E-state index in [4.69, 9.17) is 9.47 Å². The topological polar surface area (TPSA) is 67.2 Å². The van der Waals surface area contributed by atoms with Crippen LogP contribution in [-0.4, -0.2) is 19.2 Å². The molecule has 136 valence electrons. The lowest BCUT2D eigenvalue weighted by Gasteiger charge is -2.10. The van der Waals surface area contributed by atoms with E-state index in [0.717, 1.165) is 5.56 Å². The number of nitrogens with one attached hydrogen (secondary N) is 1. The van der Waals surface area contributed by atoms with Gasteiger partial charge < -0.3 is 14.8 Å². The fourth-order valence-electron chi connectivity index (χ4n) is 2.36. The number of rotatable bonds is 6. The minimum atomic E-state index is -0.301. The lowest BCUT2D eigenvalue weighted by atomic mass is 10.2. The van der Waals surface area contributed by atoms with Crippen molar-refractivity contribution in [2.24, 2.45) is 0 Å². The standard InChI is InChI=1S/C20H16FN3O2S/c1-25-16-7-8-17(19(9-16)26-2)23-11-14(10-22)20-24-18(12-27-20)13-3-5-15(21)6-4-13/h3-9,11-12,23H,1-2H3/b14-11+. The molecule has 0 radical (unpaired) electrons. The third-order valence-corrected chi connectivity index (χ3v) is 4.65. The van der Waals surface area contributed by atoms with Crippen molar-refractivity contribution in [3.8, 4) is 28.8 Å². The number of benzene rings is 2. The van der Waals surface area contributed by atoms with Crippen molar-refractivity contribution >= 4 is 22.6 Å². The maximum Gasteiger partial charge on any atom is 0.145 e. The van der Waals surface area contributed by atoms with E-state index in [9.17, 15) is 9.65 Å². The molecule has 0 aliphatic heterocycles. The second-order valence-corrected chi connectivity index (χ2v) is 6.28. The first-order valence-corrected chi connectivity index (χ1v) is 8.83. The van der Waals surface area contributed by atoms with Crippen LogP contribution in [0.1, 0.15) is 5.01 Å². The molecule has 0 aliphatic carbocycles. The zero-order valence-corrected chi connectivity index (χ0v) is 15.5. The van der Waals surface area contributed by atoms with Crippen LogP contribution in [0, 0.1) is 17.1 Å². The molecule has 1 aromatic heterocycles. The van der Waals surface area contributed by atoms with Gasteiger partial charge in [0.2, 0.25) is 0 Å². The molecule has 7 heteroatoms. The Morgan fingerprint density at radius 1 is 1.19 bits per heavy atom. The molecule has 1 N–H and O–H groups in total. The van der Waals surface area contributed by atoms with E-state index in [1.165, 1.54) is 23.5 Å². The smallest absolute Gasteiger partial charge is 0.145 e. The number of hydrogen-bond acceptors (Lipinski definition) is 6. The van der Waals surface area contributed by atoms with Gasteiger partial charge in [0.05, 0.1) is 25.6 Å². The molecule has 0 fully saturated rings. The number of allylic oxidation sites excluding steroid dienone is 1. The summed E-state index contributed by atoms with van der Waals surface area (Å²) < 4.78 is 23.6. The average Bonchev–Trinajstić information content (AvgIpc) is 3.19. The van der Waals surface area contributed by atoms with Crippen molar-refractivity contribution in [3.05, 3.63) is 64.9 Å². The first-order valence-electron chi connectivity index (χ1n) is 7.95. The summed E-state index contributed by atoms with van der Waals surface area (Å²) >= 11 is 1.35. The van der Waals surface area contributed by atoms with Crippen molar-refractivity contribution in [1.29, 1.82) is 5.26 Å². The van der Waals surface area contributed by atoms with Gasteiger partial charge in [-0.3, -0.25) is 0 Å². The monoisotopic (exact) mass is 381 g/mol. The second-order valence-electron chi connectivity index (χ2n) is 5.43. The van der Waals surface area contributed by atoms with Crippen LogP contribution in [0.5, 0.6) is 11.5 Å². The van der Waals surface area contributed by atoms with Crippen molar-refractivity contribution in [3.63, 3.8) is 0 Å². The Bertz CT molecular complexity index is 1010. The molecule has 5 nitrogen and oxygen atoms in total. The number of hydrogen-bond donors (Lipinski definition) is 1. The lowest BCUT2D eigenvalue weighted by molar-refractivity contribution is 0.395. The summed E-state index contributed by atoms with van der Waals surface area (Å²) in [5.74, 6) is 0.962. The number of methoxy groups -OCH3 is 2. The number of anilines is 1. The van der Waals surface area contributed by atoms with Crippen LogP contribution < -0.4 is 14.8 Å². The Balaban J connectivity index is 1.83. The summed E-state index contributed by atoms with van der Waals surface area (Å²) in [5.41, 5.74) is 2.56. The van der Waals surface area contributed by atoms with Crippen LogP contribution in [0.4, 0.5) is 10.1 Å². The molecule has 3 rings (SSSR count). The quantitative estimate of drug-likeness (QED) is 0.613. The Kier molecular flexibility index (Phi) is 5.69. The van der Waals surface area contributed by atoms with E-state index in [2.05, 4.69) is 16.4 Å². The minimum Gasteiger partial charge on any atom is -0.497 e. The molecular formula is C20H16FN3O2S. The van der Waals surface area contributed by atoms with Gasteiger partial charge in [0.25, 0.3) is 0 Å². The molecule has 0 saturated heterocycles. The Morgan fingerprint density at radius 2 is 1.96 bits per heavy atom. The van der Waals surface area contributed by atoms with E-state index >= 15 is 0 Å². The highest BCUT2D eigenvalue weighted by Crippen LogP contribution is 2.30. The second kappa shape index (κ2) is 8.34. The van der Waals surface area contributed by atoms with Crippen molar-refractivity contribution in [1.82, 2.24) is 4.98 Å². The summed E-state index contributed by atoms with van der Waals surface area (Å²) in [6, 6.07) is 13.6. The Morgan fingerprint density at radius 3 is 2.63 bits per heavy atom. The summed E-state index contributed by atoms with van der Waals surface area (Å²) in [4.78, 5) is 4.48. The lowest BCUT2D eigenvalue weighted by Crippen LogP contribution is -1.95. The molecule has 2 aromatic carbocycles. The van der Waals surface area contributed by atoms with Crippen LogP contribution in [-0.2, 0) is 0 Å². The largest absolute Gasteiger partial charge is 0.497 e. The van der Waals surface area contributed by atoms with Gasteiger partial charge in [0, 0.05) is 23.2 Å². The highest BCUT2D eigenvalue weighted by Gasteiger charge is 2.10. The molecule has 0 aliphatic rings. The SMILES string of the molecule is COc1ccc(N/C=C(\C#N)c2nc(-c3ccc(F)cc3)cs2)c(OC)c1. The molecular weight excluding hydrogens is 365 g/mol. The first-order chi connectivity index (χ1) is 13.1. The van der Waals surface area contributed by atoms with Crippen molar-refractivity contribution in [2.45, 2.75) is 0 Å². The van der Waals surface area contributed by atoms with Crippen LogP contribution >= 0.6 is 11.3 Å². The minimum absolute atomic E-state index is 0.301. The zero-order valence-electron chi connectivity index (χ0n) is 14.7. The Labute approximate surface area is 160 Å². The van der Waals surface area contributed by atoms with E-state index < -0.39 is 0 Å². The highest BCUT2D eigenvalue weighted by molar-refractivity contribution is 7.11. The number of thiazole rings is 1. The molecule has 0 atom stereocenters. The van der Waals surface area contributed by atoms with Crippen LogP contribution in [0.2, 0.25) is 0 Å². The normalized spacial score (nSPS) is 11.0. The van der Waals surface area contributed by atoms with Crippen molar-refractivity contribution in [2.75, 3.05) is 19.5 Å². The van der Waals surface area contributed by atoms with E-state index in [1.54, 1.807) is 50.8 Å². The summed E-state index contributed by atoms with van der Waals surface area (Å²) in [7, 11) is 3.14. The summed E-state index contributed by atoms with van der Waals surface area (Å²) in [6.07, 6.45) is 1.58. The molecule has 0 spiro atoms. The Hall–Kier alpha value is -3.37. The fraction of sp³-hybridized carbons (Fsp3) is 0.100. The predicted molar refractivity (Wildman–Crippen MR) is 104 cm³/mol. The molecule has 0 saturated carbocycles. The molecule has 0 amide bonds. The predicted octanol–water partition coefficient (Wildman–Crippen LogP) is 4.94. The van der Waals surface area contributed by atoms with Gasteiger partial charge in [-0.1, -0.05) is 0 Å². The van der Waals surface area contributed by atoms with Gasteiger partial charge in [-0.05, 0) is 36.4 Å². The van der Waals surface area contributed by atoms with Gasteiger partial charge in [0.1, 0.15) is 34.0 Å². The van der Waals surface area contributed by atoms with Crippen molar-refractivity contribution < 1.29 is 13.9 Å². The third kappa shape index (κ3) is 4.25. The molecule has 1 heterocycles. The molecule has 0 bridgehead atoms. The fourth-order valence-corrected chi connectivity index (χ4v) is 3.15. The summed E-state index contributed by atoms with van der Waals surface area (Å²) in [5, 5.41) is 15.0. The number of ether oxygens (including phenoxy) is 2. The number of nitriles is 1. The van der Waals surface area contributed by atoms with Gasteiger partial charge in [-0.2, -0.15) is 5.26 Å². The maximum atomic E-state index is 13.1. The molecule has 0 unspecified atom stereocenters. The van der Waals surface area contributed by atoms with Gasteiger partial charge in [0.15, 0.2) is 0 Å². The molecule has 3 aromatic rings. The van der Waals surface area contributed by atoms with Crippen LogP contribution in [0.15, 0.2) is 54.0 Å². The number of nitrogens with zero attached hydrogens (tertiary/aromatic N) is 2. The first kappa shape index (κ1) is 18.4.